The minimum absolute atomic E-state index is 0.0511. The molecule has 0 aromatic heterocycles. The minimum atomic E-state index is -0.126. The van der Waals surface area contributed by atoms with Crippen LogP contribution in [0.25, 0.3) is 0 Å². The summed E-state index contributed by atoms with van der Waals surface area (Å²) in [5, 5.41) is 3.06. The van der Waals surface area contributed by atoms with Crippen LogP contribution in [0.1, 0.15) is 37.7 Å². The Morgan fingerprint density at radius 3 is 2.62 bits per heavy atom. The lowest BCUT2D eigenvalue weighted by Gasteiger charge is -2.34. The number of amides is 2. The van der Waals surface area contributed by atoms with E-state index >= 15 is 0 Å². The highest BCUT2D eigenvalue weighted by Gasteiger charge is 2.20. The Balaban J connectivity index is 1.33. The molecule has 0 atom stereocenters. The Kier molecular flexibility index (Phi) is 7.06. The third kappa shape index (κ3) is 5.56. The molecule has 0 saturated carbocycles. The van der Waals surface area contributed by atoms with Gasteiger partial charge in [0.25, 0.3) is 0 Å². The summed E-state index contributed by atoms with van der Waals surface area (Å²) in [5.41, 5.74) is 2.26. The van der Waals surface area contributed by atoms with Gasteiger partial charge in [-0.15, -0.1) is 0 Å². The number of halogens is 1. The number of hydrogen-bond donors (Lipinski definition) is 1. The molecule has 2 aliphatic rings. The Bertz CT molecular complexity index is 623. The van der Waals surface area contributed by atoms with Crippen LogP contribution in [0.2, 0.25) is 0 Å². The fraction of sp³-hybridized carbons (Fsp3) is 0.571. The number of hydrogen-bond acceptors (Lipinski definition) is 2. The molecule has 4 nitrogen and oxygen atoms in total. The van der Waals surface area contributed by atoms with Gasteiger partial charge in [-0.2, -0.15) is 0 Å². The van der Waals surface area contributed by atoms with Crippen molar-refractivity contribution in [2.45, 2.75) is 38.5 Å². The number of benzene rings is 1. The molecule has 0 radical (unpaired) electrons. The Morgan fingerprint density at radius 1 is 1.08 bits per heavy atom. The summed E-state index contributed by atoms with van der Waals surface area (Å²) in [4.78, 5) is 16.5. The number of carbonyl (C=O) groups is 1. The van der Waals surface area contributed by atoms with Gasteiger partial charge in [-0.05, 0) is 50.2 Å². The first kappa shape index (κ1) is 18.9. The molecule has 0 unspecified atom stereocenters. The molecule has 0 spiro atoms. The summed E-state index contributed by atoms with van der Waals surface area (Å²) in [5.74, 6) is -0.126. The first-order valence-electron chi connectivity index (χ1n) is 9.89. The van der Waals surface area contributed by atoms with Crippen molar-refractivity contribution in [2.75, 3.05) is 39.3 Å². The fourth-order valence-electron chi connectivity index (χ4n) is 3.73. The summed E-state index contributed by atoms with van der Waals surface area (Å²) < 4.78 is 13.7. The average Bonchev–Trinajstić information content (AvgIpc) is 2.68. The van der Waals surface area contributed by atoms with Crippen LogP contribution in [0.15, 0.2) is 35.9 Å². The smallest absolute Gasteiger partial charge is 0.317 e. The van der Waals surface area contributed by atoms with Crippen LogP contribution in [-0.4, -0.2) is 55.1 Å². The highest BCUT2D eigenvalue weighted by Crippen LogP contribution is 2.19. The molecule has 1 aromatic rings. The third-order valence-electron chi connectivity index (χ3n) is 5.42. The van der Waals surface area contributed by atoms with Gasteiger partial charge in [-0.3, -0.25) is 4.90 Å². The maximum Gasteiger partial charge on any atom is 0.317 e. The van der Waals surface area contributed by atoms with Gasteiger partial charge in [-0.1, -0.05) is 29.8 Å². The summed E-state index contributed by atoms with van der Waals surface area (Å²) in [6.07, 6.45) is 9.01. The standard InChI is InChI=1S/C21H30FN3O/c22-20-9-5-4-8-19(20)11-13-24-14-16-25(17-15-24)21(26)23-12-10-18-6-2-1-3-7-18/h4-6,8-9H,1-3,7,10-17H2,(H,23,26). The Morgan fingerprint density at radius 2 is 1.88 bits per heavy atom. The van der Waals surface area contributed by atoms with Gasteiger partial charge < -0.3 is 10.2 Å². The van der Waals surface area contributed by atoms with Crippen LogP contribution < -0.4 is 5.32 Å². The molecule has 1 heterocycles. The van der Waals surface area contributed by atoms with Gasteiger partial charge in [0.05, 0.1) is 0 Å². The van der Waals surface area contributed by atoms with Gasteiger partial charge in [0, 0.05) is 39.3 Å². The van der Waals surface area contributed by atoms with Crippen molar-refractivity contribution in [3.8, 4) is 0 Å². The number of allylic oxidation sites excluding steroid dienone is 1. The summed E-state index contributed by atoms with van der Waals surface area (Å²) in [6.45, 7) is 4.76. The molecule has 1 fully saturated rings. The van der Waals surface area contributed by atoms with Crippen LogP contribution >= 0.6 is 0 Å². The monoisotopic (exact) mass is 359 g/mol. The average molecular weight is 359 g/mol. The van der Waals surface area contributed by atoms with E-state index in [1.807, 2.05) is 17.0 Å². The van der Waals surface area contributed by atoms with E-state index in [0.29, 0.717) is 6.42 Å². The molecule has 142 valence electrons. The topological polar surface area (TPSA) is 35.6 Å². The largest absolute Gasteiger partial charge is 0.338 e. The van der Waals surface area contributed by atoms with Gasteiger partial charge in [0.15, 0.2) is 0 Å². The van der Waals surface area contributed by atoms with E-state index in [1.54, 1.807) is 6.07 Å². The van der Waals surface area contributed by atoms with Crippen LogP contribution in [0.4, 0.5) is 9.18 Å². The van der Waals surface area contributed by atoms with Crippen molar-refractivity contribution in [3.05, 3.63) is 47.3 Å². The van der Waals surface area contributed by atoms with Crippen LogP contribution in [-0.2, 0) is 6.42 Å². The van der Waals surface area contributed by atoms with Crippen molar-refractivity contribution in [1.82, 2.24) is 15.1 Å². The van der Waals surface area contributed by atoms with E-state index in [0.717, 1.165) is 51.3 Å². The molecule has 5 heteroatoms. The maximum absolute atomic E-state index is 13.7. The van der Waals surface area contributed by atoms with E-state index in [4.69, 9.17) is 0 Å². The highest BCUT2D eigenvalue weighted by atomic mass is 19.1. The lowest BCUT2D eigenvalue weighted by molar-refractivity contribution is 0.140. The second-order valence-electron chi connectivity index (χ2n) is 7.26. The SMILES string of the molecule is O=C(NCCC1=CCCCC1)N1CCN(CCc2ccccc2F)CC1. The van der Waals surface area contributed by atoms with Crippen molar-refractivity contribution in [1.29, 1.82) is 0 Å². The van der Waals surface area contributed by atoms with Crippen LogP contribution in [0, 0.1) is 5.82 Å². The van der Waals surface area contributed by atoms with Crippen molar-refractivity contribution in [3.63, 3.8) is 0 Å². The normalized spacial score (nSPS) is 18.5. The zero-order valence-corrected chi connectivity index (χ0v) is 15.6. The van der Waals surface area contributed by atoms with Gasteiger partial charge in [-0.25, -0.2) is 9.18 Å². The number of urea groups is 1. The molecule has 1 aromatic carbocycles. The summed E-state index contributed by atoms with van der Waals surface area (Å²) in [6, 6.07) is 7.02. The molecule has 1 saturated heterocycles. The van der Waals surface area contributed by atoms with E-state index in [2.05, 4.69) is 16.3 Å². The van der Waals surface area contributed by atoms with Crippen LogP contribution in [0.3, 0.4) is 0 Å². The molecule has 26 heavy (non-hydrogen) atoms. The van der Waals surface area contributed by atoms with E-state index in [9.17, 15) is 9.18 Å². The molecule has 0 bridgehead atoms. The Hall–Kier alpha value is -1.88. The zero-order valence-electron chi connectivity index (χ0n) is 15.6. The lowest BCUT2D eigenvalue weighted by atomic mass is 9.97. The number of nitrogens with zero attached hydrogens (tertiary/aromatic N) is 2. The van der Waals surface area contributed by atoms with E-state index in [-0.39, 0.29) is 11.8 Å². The first-order chi connectivity index (χ1) is 12.7. The number of nitrogens with one attached hydrogen (secondary N) is 1. The van der Waals surface area contributed by atoms with Crippen molar-refractivity contribution >= 4 is 6.03 Å². The summed E-state index contributed by atoms with van der Waals surface area (Å²) in [7, 11) is 0. The molecule has 1 aliphatic carbocycles. The first-order valence-corrected chi connectivity index (χ1v) is 9.89. The fourth-order valence-corrected chi connectivity index (χ4v) is 3.73. The predicted molar refractivity (Wildman–Crippen MR) is 103 cm³/mol. The molecule has 1 aliphatic heterocycles. The van der Waals surface area contributed by atoms with E-state index < -0.39 is 0 Å². The molecular formula is C21H30FN3O. The van der Waals surface area contributed by atoms with E-state index in [1.165, 1.54) is 37.3 Å². The number of rotatable bonds is 6. The molecule has 2 amide bonds. The molecular weight excluding hydrogens is 329 g/mol. The third-order valence-corrected chi connectivity index (χ3v) is 5.42. The van der Waals surface area contributed by atoms with Gasteiger partial charge in [0.1, 0.15) is 5.82 Å². The molecule has 1 N–H and O–H groups in total. The summed E-state index contributed by atoms with van der Waals surface area (Å²) >= 11 is 0. The lowest BCUT2D eigenvalue weighted by Crippen LogP contribution is -2.52. The van der Waals surface area contributed by atoms with Gasteiger partial charge in [0.2, 0.25) is 0 Å². The Labute approximate surface area is 156 Å². The number of carbonyl (C=O) groups excluding carboxylic acids is 1. The van der Waals surface area contributed by atoms with Crippen molar-refractivity contribution in [2.24, 2.45) is 0 Å². The second-order valence-corrected chi connectivity index (χ2v) is 7.26. The number of piperazine rings is 1. The molecule has 3 rings (SSSR count). The maximum atomic E-state index is 13.7. The zero-order chi connectivity index (χ0) is 18.2. The minimum Gasteiger partial charge on any atom is -0.338 e. The van der Waals surface area contributed by atoms with Crippen LogP contribution in [0.5, 0.6) is 0 Å². The quantitative estimate of drug-likeness (QED) is 0.788. The predicted octanol–water partition coefficient (Wildman–Crippen LogP) is 3.59. The van der Waals surface area contributed by atoms with Crippen molar-refractivity contribution < 1.29 is 9.18 Å². The highest BCUT2D eigenvalue weighted by molar-refractivity contribution is 5.74. The second kappa shape index (κ2) is 9.72. The van der Waals surface area contributed by atoms with Gasteiger partial charge >= 0.3 is 6.03 Å².